The Bertz CT molecular complexity index is 1170. The summed E-state index contributed by atoms with van der Waals surface area (Å²) in [6.45, 7) is 2.96. The number of phenols is 1. The lowest BCUT2D eigenvalue weighted by molar-refractivity contribution is 0.472. The molecule has 3 aromatic rings. The molecule has 0 aliphatic carbocycles. The van der Waals surface area contributed by atoms with Gasteiger partial charge < -0.3 is 14.9 Å². The first-order valence-corrected chi connectivity index (χ1v) is 11.0. The zero-order chi connectivity index (χ0) is 19.3. The molecule has 1 N–H and O–H groups in total. The highest BCUT2D eigenvalue weighted by Gasteiger charge is 2.30. The number of aromatic hydroxyl groups is 1. The predicted molar refractivity (Wildman–Crippen MR) is 108 cm³/mol. The summed E-state index contributed by atoms with van der Waals surface area (Å²) in [7, 11) is -3.20. The van der Waals surface area contributed by atoms with Crippen molar-refractivity contribution in [1.29, 1.82) is 0 Å². The van der Waals surface area contributed by atoms with Crippen LogP contribution in [0.25, 0.3) is 10.9 Å². The summed E-state index contributed by atoms with van der Waals surface area (Å²) in [5, 5.41) is 11.0. The number of phenolic OH excluding ortho intramolecular Hbond substituents is 1. The zero-order valence-corrected chi connectivity index (χ0v) is 16.1. The molecule has 0 atom stereocenters. The third kappa shape index (κ3) is 2.67. The van der Waals surface area contributed by atoms with E-state index in [0.717, 1.165) is 54.2 Å². The topological polar surface area (TPSA) is 86.6 Å². The highest BCUT2D eigenvalue weighted by Crippen LogP contribution is 2.36. The Labute approximate surface area is 163 Å². The minimum atomic E-state index is -3.20. The lowest BCUT2D eigenvalue weighted by Gasteiger charge is -2.37. The molecular weight excluding hydrogens is 376 g/mol. The first-order chi connectivity index (χ1) is 13.5. The number of fused-ring (bicyclic) bond motifs is 3. The second-order valence-corrected chi connectivity index (χ2v) is 9.24. The number of aryl methyl sites for hydroxylation is 1. The molecule has 2 aliphatic rings. The molecule has 144 valence electrons. The first kappa shape index (κ1) is 17.2. The monoisotopic (exact) mass is 396 g/mol. The molecule has 0 amide bonds. The fourth-order valence-corrected chi connectivity index (χ4v) is 5.75. The van der Waals surface area contributed by atoms with Crippen molar-refractivity contribution in [2.45, 2.75) is 11.3 Å². The minimum Gasteiger partial charge on any atom is -0.506 e. The minimum absolute atomic E-state index is 0.150. The highest BCUT2D eigenvalue weighted by atomic mass is 32.2. The molecule has 3 heterocycles. The molecule has 0 spiro atoms. The number of para-hydroxylation sites is 2. The summed E-state index contributed by atoms with van der Waals surface area (Å²) >= 11 is 0. The van der Waals surface area contributed by atoms with Crippen LogP contribution in [-0.4, -0.2) is 55.4 Å². The third-order valence-electron chi connectivity index (χ3n) is 5.61. The van der Waals surface area contributed by atoms with Crippen molar-refractivity contribution < 1.29 is 13.5 Å². The predicted octanol–water partition coefficient (Wildman–Crippen LogP) is 1.99. The van der Waals surface area contributed by atoms with E-state index in [1.165, 1.54) is 0 Å². The van der Waals surface area contributed by atoms with Crippen molar-refractivity contribution in [2.75, 3.05) is 41.7 Å². The fraction of sp³-hybridized carbons (Fsp3) is 0.300. The number of hydrogen-bond donors (Lipinski definition) is 1. The zero-order valence-electron chi connectivity index (χ0n) is 15.2. The Kier molecular flexibility index (Phi) is 3.90. The molecule has 1 fully saturated rings. The maximum atomic E-state index is 12.3. The van der Waals surface area contributed by atoms with Crippen molar-refractivity contribution in [2.24, 2.45) is 0 Å². The van der Waals surface area contributed by atoms with E-state index in [1.54, 1.807) is 24.5 Å². The molecule has 5 rings (SSSR count). The Hall–Kier alpha value is -2.87. The van der Waals surface area contributed by atoms with Crippen molar-refractivity contribution in [3.05, 3.63) is 48.3 Å². The SMILES string of the molecule is O=S1(=O)CCc2c1ccc1ncnc(N3CCN(c4ccccc4O)CC3)c21. The third-order valence-corrected chi connectivity index (χ3v) is 7.40. The number of sulfone groups is 1. The van der Waals surface area contributed by atoms with Crippen LogP contribution in [0.1, 0.15) is 5.56 Å². The number of piperazine rings is 1. The van der Waals surface area contributed by atoms with E-state index in [-0.39, 0.29) is 11.5 Å². The van der Waals surface area contributed by atoms with Crippen LogP contribution >= 0.6 is 0 Å². The van der Waals surface area contributed by atoms with Gasteiger partial charge in [-0.25, -0.2) is 18.4 Å². The molecule has 2 aromatic carbocycles. The summed E-state index contributed by atoms with van der Waals surface area (Å²) in [5.74, 6) is 1.24. The van der Waals surface area contributed by atoms with E-state index in [0.29, 0.717) is 11.3 Å². The van der Waals surface area contributed by atoms with Gasteiger partial charge in [-0.15, -0.1) is 0 Å². The molecule has 0 bridgehead atoms. The van der Waals surface area contributed by atoms with Gasteiger partial charge in [-0.05, 0) is 36.2 Å². The molecule has 0 radical (unpaired) electrons. The molecule has 8 heteroatoms. The van der Waals surface area contributed by atoms with E-state index in [9.17, 15) is 13.5 Å². The van der Waals surface area contributed by atoms with Crippen molar-refractivity contribution >= 4 is 32.2 Å². The first-order valence-electron chi connectivity index (χ1n) is 9.32. The van der Waals surface area contributed by atoms with Gasteiger partial charge in [-0.2, -0.15) is 0 Å². The van der Waals surface area contributed by atoms with Gasteiger partial charge in [0.1, 0.15) is 17.9 Å². The Morgan fingerprint density at radius 1 is 0.929 bits per heavy atom. The number of anilines is 2. The second kappa shape index (κ2) is 6.34. The standard InChI is InChI=1S/C20H20N4O3S/c25-17-4-2-1-3-16(17)23-8-10-24(11-9-23)20-19-14-7-12-28(26,27)18(14)6-5-15(19)21-13-22-20/h1-6,13,25H,7-12H2. The van der Waals surface area contributed by atoms with Crippen LogP contribution in [0.2, 0.25) is 0 Å². The van der Waals surface area contributed by atoms with Gasteiger partial charge in [0.05, 0.1) is 21.9 Å². The van der Waals surface area contributed by atoms with Gasteiger partial charge in [0, 0.05) is 31.6 Å². The number of benzene rings is 2. The maximum Gasteiger partial charge on any atom is 0.179 e. The number of hydrogen-bond acceptors (Lipinski definition) is 7. The number of rotatable bonds is 2. The Morgan fingerprint density at radius 3 is 2.46 bits per heavy atom. The molecule has 1 saturated heterocycles. The summed E-state index contributed by atoms with van der Waals surface area (Å²) in [5.41, 5.74) is 2.46. The van der Waals surface area contributed by atoms with Crippen molar-refractivity contribution in [3.63, 3.8) is 0 Å². The van der Waals surface area contributed by atoms with Gasteiger partial charge in [0.15, 0.2) is 9.84 Å². The van der Waals surface area contributed by atoms with E-state index < -0.39 is 9.84 Å². The van der Waals surface area contributed by atoms with E-state index >= 15 is 0 Å². The summed E-state index contributed by atoms with van der Waals surface area (Å²) < 4.78 is 24.7. The second-order valence-electron chi connectivity index (χ2n) is 7.17. The molecule has 2 aliphatic heterocycles. The largest absolute Gasteiger partial charge is 0.506 e. The van der Waals surface area contributed by atoms with E-state index in [2.05, 4.69) is 19.8 Å². The summed E-state index contributed by atoms with van der Waals surface area (Å²) in [6.07, 6.45) is 2.05. The van der Waals surface area contributed by atoms with Crippen LogP contribution in [-0.2, 0) is 16.3 Å². The van der Waals surface area contributed by atoms with Crippen molar-refractivity contribution in [1.82, 2.24) is 9.97 Å². The quantitative estimate of drug-likeness (QED) is 0.709. The lowest BCUT2D eigenvalue weighted by atomic mass is 10.1. The van der Waals surface area contributed by atoms with Crippen LogP contribution in [0.4, 0.5) is 11.5 Å². The van der Waals surface area contributed by atoms with Crippen LogP contribution in [0.5, 0.6) is 5.75 Å². The number of aromatic nitrogens is 2. The van der Waals surface area contributed by atoms with Gasteiger partial charge in [-0.1, -0.05) is 12.1 Å². The van der Waals surface area contributed by atoms with Gasteiger partial charge in [-0.3, -0.25) is 0 Å². The normalized spacial score (nSPS) is 18.4. The maximum absolute atomic E-state index is 12.3. The van der Waals surface area contributed by atoms with Gasteiger partial charge >= 0.3 is 0 Å². The smallest absolute Gasteiger partial charge is 0.179 e. The van der Waals surface area contributed by atoms with Crippen LogP contribution < -0.4 is 9.80 Å². The van der Waals surface area contributed by atoms with Gasteiger partial charge in [0.25, 0.3) is 0 Å². The molecular formula is C20H20N4O3S. The Balaban J connectivity index is 1.50. The fourth-order valence-electron chi connectivity index (χ4n) is 4.20. The molecule has 7 nitrogen and oxygen atoms in total. The number of nitrogens with zero attached hydrogens (tertiary/aromatic N) is 4. The summed E-state index contributed by atoms with van der Waals surface area (Å²) in [4.78, 5) is 13.6. The molecule has 0 saturated carbocycles. The summed E-state index contributed by atoms with van der Waals surface area (Å²) in [6, 6.07) is 10.8. The lowest BCUT2D eigenvalue weighted by Crippen LogP contribution is -2.47. The van der Waals surface area contributed by atoms with Crippen LogP contribution in [0.15, 0.2) is 47.6 Å². The van der Waals surface area contributed by atoms with Crippen molar-refractivity contribution in [3.8, 4) is 5.75 Å². The van der Waals surface area contributed by atoms with E-state index in [4.69, 9.17) is 0 Å². The van der Waals surface area contributed by atoms with Crippen LogP contribution in [0.3, 0.4) is 0 Å². The average molecular weight is 396 g/mol. The molecule has 1 aromatic heterocycles. The van der Waals surface area contributed by atoms with Gasteiger partial charge in [0.2, 0.25) is 0 Å². The van der Waals surface area contributed by atoms with Crippen LogP contribution in [0, 0.1) is 0 Å². The molecule has 28 heavy (non-hydrogen) atoms. The average Bonchev–Trinajstić information content (AvgIpc) is 3.03. The molecule has 0 unspecified atom stereocenters. The highest BCUT2D eigenvalue weighted by molar-refractivity contribution is 7.91. The Morgan fingerprint density at radius 2 is 1.68 bits per heavy atom. The van der Waals surface area contributed by atoms with E-state index in [1.807, 2.05) is 18.2 Å².